The number of hydrogen-bond acceptors (Lipinski definition) is 6. The van der Waals surface area contributed by atoms with Crippen molar-refractivity contribution in [3.05, 3.63) is 12.5 Å². The summed E-state index contributed by atoms with van der Waals surface area (Å²) in [6.45, 7) is 6.48. The quantitative estimate of drug-likeness (QED) is 0.829. The maximum atomic E-state index is 11.6. The number of carbonyl (C=O) groups is 1. The second-order valence-corrected chi connectivity index (χ2v) is 5.42. The minimum atomic E-state index is 0.0904. The Balaban J connectivity index is 1.67. The summed E-state index contributed by atoms with van der Waals surface area (Å²) in [5, 5.41) is 8.06. The highest BCUT2D eigenvalue weighted by Crippen LogP contribution is 2.22. The van der Waals surface area contributed by atoms with Crippen LogP contribution in [0.2, 0.25) is 0 Å². The first kappa shape index (κ1) is 14.7. The number of amides is 1. The van der Waals surface area contributed by atoms with Gasteiger partial charge >= 0.3 is 0 Å². The summed E-state index contributed by atoms with van der Waals surface area (Å²) < 4.78 is 1.76. The Kier molecular flexibility index (Phi) is 4.19. The summed E-state index contributed by atoms with van der Waals surface area (Å²) in [5.41, 5.74) is 0.842. The number of nitrogens with zero attached hydrogens (tertiary/aromatic N) is 6. The predicted octanol–water partition coefficient (Wildman–Crippen LogP) is -0.379. The number of fused-ring (bicyclic) bond motifs is 1. The van der Waals surface area contributed by atoms with Crippen molar-refractivity contribution in [2.75, 3.05) is 44.2 Å². The lowest BCUT2D eigenvalue weighted by Gasteiger charge is -2.35. The zero-order chi connectivity index (χ0) is 15.5. The molecule has 22 heavy (non-hydrogen) atoms. The molecule has 1 N–H and O–H groups in total. The highest BCUT2D eigenvalue weighted by atomic mass is 16.2. The second kappa shape index (κ2) is 6.27. The van der Waals surface area contributed by atoms with E-state index in [-0.39, 0.29) is 5.91 Å². The van der Waals surface area contributed by atoms with Crippen molar-refractivity contribution in [1.82, 2.24) is 30.0 Å². The smallest absolute Gasteiger partial charge is 0.234 e. The van der Waals surface area contributed by atoms with E-state index in [1.165, 1.54) is 0 Å². The Bertz CT molecular complexity index is 660. The molecule has 1 aliphatic rings. The molecule has 0 bridgehead atoms. The summed E-state index contributed by atoms with van der Waals surface area (Å²) in [6, 6.07) is 0. The van der Waals surface area contributed by atoms with Crippen LogP contribution in [0.1, 0.15) is 6.92 Å². The molecule has 8 heteroatoms. The maximum absolute atomic E-state index is 11.6. The molecule has 0 atom stereocenters. The van der Waals surface area contributed by atoms with Crippen LogP contribution in [0.5, 0.6) is 0 Å². The Labute approximate surface area is 129 Å². The van der Waals surface area contributed by atoms with Crippen LogP contribution < -0.4 is 10.2 Å². The van der Waals surface area contributed by atoms with E-state index in [1.807, 2.05) is 20.2 Å². The van der Waals surface area contributed by atoms with E-state index in [9.17, 15) is 4.79 Å². The maximum Gasteiger partial charge on any atom is 0.234 e. The molecule has 2 aromatic rings. The van der Waals surface area contributed by atoms with Gasteiger partial charge in [0.1, 0.15) is 12.1 Å². The SMILES string of the molecule is CCNC(=O)CN1CCN(c2ncnc3c2cnn3C)CC1. The first-order chi connectivity index (χ1) is 10.7. The summed E-state index contributed by atoms with van der Waals surface area (Å²) in [5.74, 6) is 1.02. The Morgan fingerprint density at radius 3 is 2.77 bits per heavy atom. The van der Waals surface area contributed by atoms with Gasteiger partial charge in [-0.1, -0.05) is 0 Å². The molecule has 1 saturated heterocycles. The van der Waals surface area contributed by atoms with E-state index in [0.29, 0.717) is 13.1 Å². The van der Waals surface area contributed by atoms with Crippen LogP contribution in [-0.2, 0) is 11.8 Å². The number of anilines is 1. The zero-order valence-corrected chi connectivity index (χ0v) is 13.0. The summed E-state index contributed by atoms with van der Waals surface area (Å²) in [4.78, 5) is 24.7. The first-order valence-electron chi connectivity index (χ1n) is 7.55. The molecule has 8 nitrogen and oxygen atoms in total. The van der Waals surface area contributed by atoms with Gasteiger partial charge in [-0.2, -0.15) is 5.10 Å². The van der Waals surface area contributed by atoms with E-state index >= 15 is 0 Å². The number of nitrogens with one attached hydrogen (secondary N) is 1. The molecule has 1 amide bonds. The summed E-state index contributed by atoms with van der Waals surface area (Å²) >= 11 is 0. The zero-order valence-electron chi connectivity index (χ0n) is 13.0. The van der Waals surface area contributed by atoms with Crippen LogP contribution in [0.4, 0.5) is 5.82 Å². The van der Waals surface area contributed by atoms with Crippen molar-refractivity contribution in [3.63, 3.8) is 0 Å². The fourth-order valence-electron chi connectivity index (χ4n) is 2.78. The van der Waals surface area contributed by atoms with Gasteiger partial charge in [0.15, 0.2) is 5.65 Å². The number of hydrogen-bond donors (Lipinski definition) is 1. The van der Waals surface area contributed by atoms with E-state index in [4.69, 9.17) is 0 Å². The third-order valence-corrected chi connectivity index (χ3v) is 3.92. The molecular formula is C14H21N7O. The standard InChI is InChI=1S/C14H21N7O/c1-3-15-12(22)9-20-4-6-21(7-5-20)14-11-8-18-19(2)13(11)16-10-17-14/h8,10H,3-7,9H2,1-2H3,(H,15,22). The van der Waals surface area contributed by atoms with Gasteiger partial charge in [0.25, 0.3) is 0 Å². The second-order valence-electron chi connectivity index (χ2n) is 5.42. The minimum absolute atomic E-state index is 0.0904. The average Bonchev–Trinajstić information content (AvgIpc) is 2.90. The molecule has 0 aliphatic carbocycles. The van der Waals surface area contributed by atoms with Crippen LogP contribution in [0.3, 0.4) is 0 Å². The van der Waals surface area contributed by atoms with Crippen molar-refractivity contribution in [1.29, 1.82) is 0 Å². The number of piperazine rings is 1. The topological polar surface area (TPSA) is 79.2 Å². The third-order valence-electron chi connectivity index (χ3n) is 3.92. The molecule has 3 rings (SSSR count). The first-order valence-corrected chi connectivity index (χ1v) is 7.55. The highest BCUT2D eigenvalue weighted by Gasteiger charge is 2.21. The lowest BCUT2D eigenvalue weighted by atomic mass is 10.2. The van der Waals surface area contributed by atoms with Gasteiger partial charge in [0.2, 0.25) is 5.91 Å². The lowest BCUT2D eigenvalue weighted by Crippen LogP contribution is -2.49. The van der Waals surface area contributed by atoms with Crippen molar-refractivity contribution in [3.8, 4) is 0 Å². The molecule has 2 aromatic heterocycles. The highest BCUT2D eigenvalue weighted by molar-refractivity contribution is 5.86. The van der Waals surface area contributed by atoms with Gasteiger partial charge in [0, 0.05) is 39.8 Å². The van der Waals surface area contributed by atoms with Gasteiger partial charge in [-0.3, -0.25) is 14.4 Å². The Hall–Kier alpha value is -2.22. The van der Waals surface area contributed by atoms with Gasteiger partial charge in [-0.05, 0) is 6.92 Å². The van der Waals surface area contributed by atoms with Crippen LogP contribution in [0, 0.1) is 0 Å². The van der Waals surface area contributed by atoms with Gasteiger partial charge in [0.05, 0.1) is 18.1 Å². The van der Waals surface area contributed by atoms with E-state index in [2.05, 4.69) is 30.2 Å². The largest absolute Gasteiger partial charge is 0.355 e. The molecule has 1 fully saturated rings. The fourth-order valence-corrected chi connectivity index (χ4v) is 2.78. The van der Waals surface area contributed by atoms with Gasteiger partial charge in [-0.15, -0.1) is 0 Å². The fraction of sp³-hybridized carbons (Fsp3) is 0.571. The van der Waals surface area contributed by atoms with Crippen molar-refractivity contribution < 1.29 is 4.79 Å². The van der Waals surface area contributed by atoms with E-state index < -0.39 is 0 Å². The van der Waals surface area contributed by atoms with E-state index in [0.717, 1.165) is 43.0 Å². The van der Waals surface area contributed by atoms with Crippen molar-refractivity contribution in [2.24, 2.45) is 7.05 Å². The molecule has 0 saturated carbocycles. The van der Waals surface area contributed by atoms with Crippen LogP contribution in [0.15, 0.2) is 12.5 Å². The van der Waals surface area contributed by atoms with Gasteiger partial charge < -0.3 is 10.2 Å². The van der Waals surface area contributed by atoms with Gasteiger partial charge in [-0.25, -0.2) is 9.97 Å². The molecule has 0 aromatic carbocycles. The molecular weight excluding hydrogens is 282 g/mol. The number of rotatable bonds is 4. The molecule has 0 radical (unpaired) electrons. The van der Waals surface area contributed by atoms with Crippen LogP contribution in [0.25, 0.3) is 11.0 Å². The van der Waals surface area contributed by atoms with Crippen molar-refractivity contribution >= 4 is 22.8 Å². The number of carbonyl (C=O) groups excluding carboxylic acids is 1. The lowest BCUT2D eigenvalue weighted by molar-refractivity contribution is -0.122. The monoisotopic (exact) mass is 303 g/mol. The molecule has 1 aliphatic heterocycles. The van der Waals surface area contributed by atoms with E-state index in [1.54, 1.807) is 11.0 Å². The predicted molar refractivity (Wildman–Crippen MR) is 83.6 cm³/mol. The number of aromatic nitrogens is 4. The molecule has 118 valence electrons. The molecule has 0 spiro atoms. The normalized spacial score (nSPS) is 16.2. The summed E-state index contributed by atoms with van der Waals surface area (Å²) in [7, 11) is 1.88. The third kappa shape index (κ3) is 2.87. The average molecular weight is 303 g/mol. The number of likely N-dealkylation sites (N-methyl/N-ethyl adjacent to an activating group) is 1. The molecule has 0 unspecified atom stereocenters. The van der Waals surface area contributed by atoms with Crippen LogP contribution in [-0.4, -0.2) is 69.8 Å². The summed E-state index contributed by atoms with van der Waals surface area (Å²) in [6.07, 6.45) is 3.39. The Morgan fingerprint density at radius 1 is 1.27 bits per heavy atom. The van der Waals surface area contributed by atoms with Crippen LogP contribution >= 0.6 is 0 Å². The minimum Gasteiger partial charge on any atom is -0.355 e. The number of aryl methyl sites for hydroxylation is 1. The van der Waals surface area contributed by atoms with Crippen molar-refractivity contribution in [2.45, 2.75) is 6.92 Å². The molecule has 3 heterocycles. The Morgan fingerprint density at radius 2 is 2.05 bits per heavy atom.